The molecular formula is C23H24N6O5. The number of amides is 6. The van der Waals surface area contributed by atoms with Crippen LogP contribution < -0.4 is 21.3 Å². The number of benzene rings is 1. The SMILES string of the molecule is O=C1CCC(N2C(=O)c3cccc(NCCCCNC(=O)Nc4cccnc4)c3C2=O)C(=O)N1. The Kier molecular flexibility index (Phi) is 6.81. The van der Waals surface area contributed by atoms with E-state index in [1.54, 1.807) is 42.7 Å². The largest absolute Gasteiger partial charge is 0.384 e. The minimum Gasteiger partial charge on any atom is -0.384 e. The lowest BCUT2D eigenvalue weighted by Crippen LogP contribution is -2.54. The molecule has 1 aromatic heterocycles. The number of rotatable bonds is 8. The van der Waals surface area contributed by atoms with E-state index in [1.807, 2.05) is 0 Å². The topological polar surface area (TPSA) is 150 Å². The zero-order chi connectivity index (χ0) is 24.1. The maximum atomic E-state index is 13.1. The normalized spacial score (nSPS) is 17.3. The van der Waals surface area contributed by atoms with Crippen molar-refractivity contribution in [2.75, 3.05) is 23.7 Å². The minimum atomic E-state index is -0.998. The van der Waals surface area contributed by atoms with Gasteiger partial charge in [-0.2, -0.15) is 0 Å². The van der Waals surface area contributed by atoms with E-state index in [-0.39, 0.29) is 30.0 Å². The van der Waals surface area contributed by atoms with Gasteiger partial charge in [0.2, 0.25) is 11.8 Å². The molecule has 1 aromatic carbocycles. The number of carbonyl (C=O) groups is 5. The summed E-state index contributed by atoms with van der Waals surface area (Å²) in [6.45, 7) is 0.976. The Morgan fingerprint density at radius 1 is 1.06 bits per heavy atom. The number of nitrogens with one attached hydrogen (secondary N) is 4. The van der Waals surface area contributed by atoms with E-state index in [4.69, 9.17) is 0 Å². The minimum absolute atomic E-state index is 0.0726. The Hall–Kier alpha value is -4.28. The van der Waals surface area contributed by atoms with Gasteiger partial charge in [0.15, 0.2) is 0 Å². The number of imide groups is 2. The second-order valence-corrected chi connectivity index (χ2v) is 7.93. The lowest BCUT2D eigenvalue weighted by molar-refractivity contribution is -0.136. The molecule has 2 aliphatic heterocycles. The fourth-order valence-corrected chi connectivity index (χ4v) is 3.95. The lowest BCUT2D eigenvalue weighted by Gasteiger charge is -2.27. The highest BCUT2D eigenvalue weighted by Gasteiger charge is 2.45. The number of nitrogens with zero attached hydrogens (tertiary/aromatic N) is 2. The fourth-order valence-electron chi connectivity index (χ4n) is 3.95. The summed E-state index contributed by atoms with van der Waals surface area (Å²) in [5.41, 5.74) is 1.57. The van der Waals surface area contributed by atoms with Crippen LogP contribution in [0.15, 0.2) is 42.7 Å². The van der Waals surface area contributed by atoms with E-state index in [9.17, 15) is 24.0 Å². The van der Waals surface area contributed by atoms with Gasteiger partial charge in [0, 0.05) is 31.4 Å². The molecule has 3 heterocycles. The molecule has 0 spiro atoms. The van der Waals surface area contributed by atoms with Gasteiger partial charge in [-0.05, 0) is 43.5 Å². The monoisotopic (exact) mass is 464 g/mol. The molecule has 4 N–H and O–H groups in total. The van der Waals surface area contributed by atoms with Gasteiger partial charge >= 0.3 is 6.03 Å². The summed E-state index contributed by atoms with van der Waals surface area (Å²) < 4.78 is 0. The first-order valence-corrected chi connectivity index (χ1v) is 11.0. The van der Waals surface area contributed by atoms with Crippen molar-refractivity contribution in [2.24, 2.45) is 0 Å². The number of hydrogen-bond donors (Lipinski definition) is 4. The van der Waals surface area contributed by atoms with E-state index >= 15 is 0 Å². The van der Waals surface area contributed by atoms with E-state index in [1.165, 1.54) is 0 Å². The summed E-state index contributed by atoms with van der Waals surface area (Å²) >= 11 is 0. The van der Waals surface area contributed by atoms with Crippen molar-refractivity contribution in [3.05, 3.63) is 53.9 Å². The molecule has 1 unspecified atom stereocenters. The van der Waals surface area contributed by atoms with Crippen LogP contribution in [0.5, 0.6) is 0 Å². The van der Waals surface area contributed by atoms with Crippen LogP contribution in [0, 0.1) is 0 Å². The molecule has 6 amide bonds. The number of fused-ring (bicyclic) bond motifs is 1. The van der Waals surface area contributed by atoms with Crippen LogP contribution >= 0.6 is 0 Å². The zero-order valence-corrected chi connectivity index (χ0v) is 18.3. The number of piperidine rings is 1. The highest BCUT2D eigenvalue weighted by molar-refractivity contribution is 6.25. The van der Waals surface area contributed by atoms with Crippen LogP contribution in [0.25, 0.3) is 0 Å². The second-order valence-electron chi connectivity index (χ2n) is 7.93. The number of unbranched alkanes of at least 4 members (excludes halogenated alkanes) is 1. The summed E-state index contributed by atoms with van der Waals surface area (Å²) in [5, 5.41) is 10.8. The van der Waals surface area contributed by atoms with Crippen LogP contribution in [0.2, 0.25) is 0 Å². The third kappa shape index (κ3) is 4.87. The van der Waals surface area contributed by atoms with Gasteiger partial charge in [-0.1, -0.05) is 6.07 Å². The summed E-state index contributed by atoms with van der Waals surface area (Å²) in [5.74, 6) is -2.14. The number of hydrogen-bond acceptors (Lipinski definition) is 7. The van der Waals surface area contributed by atoms with Crippen LogP contribution in [0.4, 0.5) is 16.2 Å². The van der Waals surface area contributed by atoms with Crippen molar-refractivity contribution in [1.29, 1.82) is 0 Å². The third-order valence-corrected chi connectivity index (χ3v) is 5.59. The number of carbonyl (C=O) groups excluding carboxylic acids is 5. The van der Waals surface area contributed by atoms with E-state index < -0.39 is 29.7 Å². The molecule has 0 saturated carbocycles. The van der Waals surface area contributed by atoms with E-state index in [2.05, 4.69) is 26.3 Å². The molecule has 4 rings (SSSR count). The molecule has 34 heavy (non-hydrogen) atoms. The van der Waals surface area contributed by atoms with Crippen molar-refractivity contribution >= 4 is 41.0 Å². The Morgan fingerprint density at radius 3 is 2.65 bits per heavy atom. The molecule has 0 bridgehead atoms. The molecule has 1 atom stereocenters. The van der Waals surface area contributed by atoms with Crippen molar-refractivity contribution in [1.82, 2.24) is 20.5 Å². The first-order valence-electron chi connectivity index (χ1n) is 11.0. The third-order valence-electron chi connectivity index (χ3n) is 5.59. The maximum absolute atomic E-state index is 13.1. The smallest absolute Gasteiger partial charge is 0.319 e. The van der Waals surface area contributed by atoms with Crippen molar-refractivity contribution < 1.29 is 24.0 Å². The lowest BCUT2D eigenvalue weighted by atomic mass is 10.0. The fraction of sp³-hybridized carbons (Fsp3) is 0.304. The number of pyridine rings is 1. The molecule has 2 aliphatic rings. The molecule has 2 aromatic rings. The van der Waals surface area contributed by atoms with Gasteiger partial charge < -0.3 is 16.0 Å². The molecule has 1 fully saturated rings. The van der Waals surface area contributed by atoms with Gasteiger partial charge in [-0.25, -0.2) is 4.79 Å². The average Bonchev–Trinajstić information content (AvgIpc) is 3.07. The summed E-state index contributed by atoms with van der Waals surface area (Å²) in [7, 11) is 0. The Morgan fingerprint density at radius 2 is 1.88 bits per heavy atom. The second kappa shape index (κ2) is 10.1. The maximum Gasteiger partial charge on any atom is 0.319 e. The number of anilines is 2. The van der Waals surface area contributed by atoms with Crippen LogP contribution in [0.3, 0.4) is 0 Å². The van der Waals surface area contributed by atoms with Gasteiger partial charge in [-0.3, -0.25) is 34.4 Å². The predicted molar refractivity (Wildman–Crippen MR) is 122 cm³/mol. The van der Waals surface area contributed by atoms with Gasteiger partial charge in [0.25, 0.3) is 11.8 Å². The van der Waals surface area contributed by atoms with Gasteiger partial charge in [0.05, 0.1) is 23.0 Å². The molecule has 11 heteroatoms. The summed E-state index contributed by atoms with van der Waals surface area (Å²) in [6, 6.07) is 7.08. The summed E-state index contributed by atoms with van der Waals surface area (Å²) in [6.07, 6.45) is 4.75. The number of aromatic nitrogens is 1. The molecule has 0 aliphatic carbocycles. The quantitative estimate of drug-likeness (QED) is 0.341. The first kappa shape index (κ1) is 22.9. The summed E-state index contributed by atoms with van der Waals surface area (Å²) in [4.78, 5) is 66.3. The van der Waals surface area contributed by atoms with E-state index in [0.717, 1.165) is 4.90 Å². The Balaban J connectivity index is 1.28. The van der Waals surface area contributed by atoms with Gasteiger partial charge in [-0.15, -0.1) is 0 Å². The van der Waals surface area contributed by atoms with Crippen molar-refractivity contribution in [3.63, 3.8) is 0 Å². The highest BCUT2D eigenvalue weighted by Crippen LogP contribution is 2.32. The average molecular weight is 464 g/mol. The standard InChI is InChI=1S/C23H24N6O5/c30-18-9-8-17(20(31)28-18)29-21(32)15-6-3-7-16(19(15)22(29)33)25-11-1-2-12-26-23(34)27-14-5-4-10-24-13-14/h3-7,10,13,17,25H,1-2,8-9,11-12H2,(H2,26,27,34)(H,28,30,31). The first-order chi connectivity index (χ1) is 16.5. The number of urea groups is 1. The molecule has 176 valence electrons. The Bertz CT molecular complexity index is 1140. The van der Waals surface area contributed by atoms with Crippen LogP contribution in [-0.2, 0) is 9.59 Å². The van der Waals surface area contributed by atoms with Crippen molar-refractivity contribution in [3.8, 4) is 0 Å². The molecular weight excluding hydrogens is 440 g/mol. The predicted octanol–water partition coefficient (Wildman–Crippen LogP) is 1.50. The highest BCUT2D eigenvalue weighted by atomic mass is 16.2. The molecule has 0 radical (unpaired) electrons. The van der Waals surface area contributed by atoms with Crippen LogP contribution in [0.1, 0.15) is 46.4 Å². The molecule has 11 nitrogen and oxygen atoms in total. The van der Waals surface area contributed by atoms with E-state index in [0.29, 0.717) is 37.3 Å². The van der Waals surface area contributed by atoms with Crippen LogP contribution in [-0.4, -0.2) is 58.7 Å². The molecule has 1 saturated heterocycles. The Labute approximate surface area is 195 Å². The zero-order valence-electron chi connectivity index (χ0n) is 18.3. The van der Waals surface area contributed by atoms with Crippen molar-refractivity contribution in [2.45, 2.75) is 31.7 Å². The van der Waals surface area contributed by atoms with Gasteiger partial charge in [0.1, 0.15) is 6.04 Å².